The van der Waals surface area contributed by atoms with Crippen molar-refractivity contribution < 1.29 is 5.11 Å². The fourth-order valence-corrected chi connectivity index (χ4v) is 0.626. The SMILES string of the molecule is CCC(O)CN[C@H](C)CC. The molecule has 0 saturated heterocycles. The Morgan fingerprint density at radius 2 is 1.90 bits per heavy atom. The van der Waals surface area contributed by atoms with Crippen LogP contribution in [0.5, 0.6) is 0 Å². The zero-order valence-electron chi connectivity index (χ0n) is 7.22. The number of nitrogens with one attached hydrogen (secondary N) is 1. The Balaban J connectivity index is 3.17. The van der Waals surface area contributed by atoms with Crippen LogP contribution in [-0.2, 0) is 0 Å². The van der Waals surface area contributed by atoms with Crippen molar-refractivity contribution in [2.24, 2.45) is 0 Å². The van der Waals surface area contributed by atoms with Crippen molar-refractivity contribution in [3.8, 4) is 0 Å². The van der Waals surface area contributed by atoms with E-state index in [0.717, 1.165) is 19.4 Å². The maximum atomic E-state index is 9.14. The van der Waals surface area contributed by atoms with Gasteiger partial charge in [-0.25, -0.2) is 0 Å². The normalized spacial score (nSPS) is 16.8. The Morgan fingerprint density at radius 1 is 1.30 bits per heavy atom. The van der Waals surface area contributed by atoms with Gasteiger partial charge in [0.15, 0.2) is 0 Å². The molecule has 0 heterocycles. The lowest BCUT2D eigenvalue weighted by molar-refractivity contribution is 0.163. The molecule has 0 aromatic carbocycles. The van der Waals surface area contributed by atoms with E-state index >= 15 is 0 Å². The number of rotatable bonds is 5. The van der Waals surface area contributed by atoms with Crippen LogP contribution in [0.25, 0.3) is 0 Å². The summed E-state index contributed by atoms with van der Waals surface area (Å²) in [6.45, 7) is 6.98. The van der Waals surface area contributed by atoms with Crippen LogP contribution in [0, 0.1) is 0 Å². The van der Waals surface area contributed by atoms with E-state index in [1.165, 1.54) is 0 Å². The number of aliphatic hydroxyl groups is 1. The van der Waals surface area contributed by atoms with Gasteiger partial charge in [-0.05, 0) is 19.8 Å². The van der Waals surface area contributed by atoms with Gasteiger partial charge in [-0.2, -0.15) is 0 Å². The minimum absolute atomic E-state index is 0.172. The van der Waals surface area contributed by atoms with E-state index in [4.69, 9.17) is 5.11 Å². The first-order valence-corrected chi connectivity index (χ1v) is 4.12. The third kappa shape index (κ3) is 4.77. The summed E-state index contributed by atoms with van der Waals surface area (Å²) in [5, 5.41) is 12.4. The maximum absolute atomic E-state index is 9.14. The third-order valence-electron chi connectivity index (χ3n) is 1.79. The number of aliphatic hydroxyl groups excluding tert-OH is 1. The Morgan fingerprint density at radius 3 is 2.30 bits per heavy atom. The fraction of sp³-hybridized carbons (Fsp3) is 1.00. The molecule has 0 aliphatic heterocycles. The second-order valence-corrected chi connectivity index (χ2v) is 2.78. The molecule has 2 nitrogen and oxygen atoms in total. The van der Waals surface area contributed by atoms with Gasteiger partial charge in [0.25, 0.3) is 0 Å². The summed E-state index contributed by atoms with van der Waals surface area (Å²) < 4.78 is 0. The van der Waals surface area contributed by atoms with Crippen LogP contribution in [0.3, 0.4) is 0 Å². The standard InChI is InChI=1S/C8H19NO/c1-4-7(3)9-6-8(10)5-2/h7-10H,4-6H2,1-3H3/t7-,8?/m1/s1. The van der Waals surface area contributed by atoms with Gasteiger partial charge >= 0.3 is 0 Å². The molecule has 0 bridgehead atoms. The van der Waals surface area contributed by atoms with Gasteiger partial charge < -0.3 is 10.4 Å². The monoisotopic (exact) mass is 145 g/mol. The summed E-state index contributed by atoms with van der Waals surface area (Å²) >= 11 is 0. The van der Waals surface area contributed by atoms with E-state index in [2.05, 4.69) is 19.2 Å². The van der Waals surface area contributed by atoms with Gasteiger partial charge in [0.2, 0.25) is 0 Å². The molecular formula is C8H19NO. The molecule has 1 unspecified atom stereocenters. The lowest BCUT2D eigenvalue weighted by Gasteiger charge is -2.13. The van der Waals surface area contributed by atoms with E-state index in [1.54, 1.807) is 0 Å². The van der Waals surface area contributed by atoms with Gasteiger partial charge in [-0.3, -0.25) is 0 Å². The average Bonchev–Trinajstić information content (AvgIpc) is 1.99. The Labute approximate surface area is 63.6 Å². The van der Waals surface area contributed by atoms with Crippen molar-refractivity contribution in [2.45, 2.75) is 45.8 Å². The topological polar surface area (TPSA) is 32.3 Å². The van der Waals surface area contributed by atoms with Gasteiger partial charge in [0.05, 0.1) is 6.10 Å². The molecule has 2 N–H and O–H groups in total. The van der Waals surface area contributed by atoms with Crippen molar-refractivity contribution in [2.75, 3.05) is 6.54 Å². The van der Waals surface area contributed by atoms with E-state index < -0.39 is 0 Å². The van der Waals surface area contributed by atoms with Crippen molar-refractivity contribution in [1.82, 2.24) is 5.32 Å². The highest BCUT2D eigenvalue weighted by atomic mass is 16.3. The number of hydrogen-bond acceptors (Lipinski definition) is 2. The van der Waals surface area contributed by atoms with Crippen LogP contribution in [0.15, 0.2) is 0 Å². The second-order valence-electron chi connectivity index (χ2n) is 2.78. The Hall–Kier alpha value is -0.0800. The van der Waals surface area contributed by atoms with Crippen LogP contribution in [-0.4, -0.2) is 23.8 Å². The molecule has 0 fully saturated rings. The van der Waals surface area contributed by atoms with Gasteiger partial charge in [-0.1, -0.05) is 13.8 Å². The molecule has 0 aromatic rings. The molecule has 0 radical (unpaired) electrons. The molecule has 2 heteroatoms. The van der Waals surface area contributed by atoms with Gasteiger partial charge in [0, 0.05) is 12.6 Å². The summed E-state index contributed by atoms with van der Waals surface area (Å²) in [5.41, 5.74) is 0. The zero-order valence-corrected chi connectivity index (χ0v) is 7.22. The predicted octanol–water partition coefficient (Wildman–Crippen LogP) is 1.15. The molecule has 10 heavy (non-hydrogen) atoms. The highest BCUT2D eigenvalue weighted by Crippen LogP contribution is 1.91. The van der Waals surface area contributed by atoms with Gasteiger partial charge in [0.1, 0.15) is 0 Å². The smallest absolute Gasteiger partial charge is 0.0662 e. The minimum Gasteiger partial charge on any atom is -0.392 e. The van der Waals surface area contributed by atoms with Crippen LogP contribution >= 0.6 is 0 Å². The lowest BCUT2D eigenvalue weighted by Crippen LogP contribution is -2.32. The lowest BCUT2D eigenvalue weighted by atomic mass is 10.2. The highest BCUT2D eigenvalue weighted by molar-refractivity contribution is 4.61. The van der Waals surface area contributed by atoms with E-state index in [9.17, 15) is 0 Å². The van der Waals surface area contributed by atoms with Crippen LogP contribution < -0.4 is 5.32 Å². The summed E-state index contributed by atoms with van der Waals surface area (Å²) in [7, 11) is 0. The molecule has 0 rings (SSSR count). The quantitative estimate of drug-likeness (QED) is 0.608. The molecule has 0 amide bonds. The van der Waals surface area contributed by atoms with Crippen molar-refractivity contribution in [3.63, 3.8) is 0 Å². The predicted molar refractivity (Wildman–Crippen MR) is 44.1 cm³/mol. The molecule has 0 aromatic heterocycles. The van der Waals surface area contributed by atoms with Crippen LogP contribution in [0.1, 0.15) is 33.6 Å². The molecule has 62 valence electrons. The van der Waals surface area contributed by atoms with Crippen molar-refractivity contribution >= 4 is 0 Å². The van der Waals surface area contributed by atoms with E-state index in [0.29, 0.717) is 6.04 Å². The minimum atomic E-state index is -0.172. The first-order chi connectivity index (χ1) is 4.70. The number of hydrogen-bond donors (Lipinski definition) is 2. The first-order valence-electron chi connectivity index (χ1n) is 4.12. The Kier molecular flexibility index (Phi) is 5.64. The molecule has 0 saturated carbocycles. The fourth-order valence-electron chi connectivity index (χ4n) is 0.626. The summed E-state index contributed by atoms with van der Waals surface area (Å²) in [5.74, 6) is 0. The first kappa shape index (κ1) is 9.92. The summed E-state index contributed by atoms with van der Waals surface area (Å²) in [4.78, 5) is 0. The van der Waals surface area contributed by atoms with Gasteiger partial charge in [-0.15, -0.1) is 0 Å². The molecule has 2 atom stereocenters. The highest BCUT2D eigenvalue weighted by Gasteiger charge is 2.01. The largest absolute Gasteiger partial charge is 0.392 e. The van der Waals surface area contributed by atoms with E-state index in [-0.39, 0.29) is 6.10 Å². The molecular weight excluding hydrogens is 126 g/mol. The third-order valence-corrected chi connectivity index (χ3v) is 1.79. The molecule has 0 aliphatic carbocycles. The van der Waals surface area contributed by atoms with E-state index in [1.807, 2.05) is 6.92 Å². The second kappa shape index (κ2) is 5.69. The Bertz CT molecular complexity index is 65.7. The molecule has 0 aliphatic rings. The summed E-state index contributed by atoms with van der Waals surface area (Å²) in [6, 6.07) is 0.529. The van der Waals surface area contributed by atoms with Crippen LogP contribution in [0.4, 0.5) is 0 Å². The molecule has 0 spiro atoms. The van der Waals surface area contributed by atoms with Crippen molar-refractivity contribution in [3.05, 3.63) is 0 Å². The maximum Gasteiger partial charge on any atom is 0.0662 e. The van der Waals surface area contributed by atoms with Crippen molar-refractivity contribution in [1.29, 1.82) is 0 Å². The average molecular weight is 145 g/mol. The summed E-state index contributed by atoms with van der Waals surface area (Å²) in [6.07, 6.45) is 1.79. The van der Waals surface area contributed by atoms with Crippen LogP contribution in [0.2, 0.25) is 0 Å². The zero-order chi connectivity index (χ0) is 7.98.